The molecule has 96 valence electrons. The molecule has 0 bridgehead atoms. The standard InChI is InChI=1S/C13H16N2O3/c1-14-6-7-15(12(16)9-14)11-4-2-10(3-5-11)8-13(17)18/h2-5H,6-9H2,1H3,(H,17,18). The highest BCUT2D eigenvalue weighted by atomic mass is 16.4. The number of carboxylic acid groups (broad SMARTS) is 1. The first kappa shape index (κ1) is 12.6. The number of anilines is 1. The Hall–Kier alpha value is -1.88. The summed E-state index contributed by atoms with van der Waals surface area (Å²) in [5.41, 5.74) is 1.58. The largest absolute Gasteiger partial charge is 0.481 e. The van der Waals surface area contributed by atoms with Crippen molar-refractivity contribution in [2.24, 2.45) is 0 Å². The van der Waals surface area contributed by atoms with E-state index in [1.807, 2.05) is 24.1 Å². The van der Waals surface area contributed by atoms with Gasteiger partial charge in [0.1, 0.15) is 0 Å². The maximum Gasteiger partial charge on any atom is 0.307 e. The second-order valence-electron chi connectivity index (χ2n) is 4.52. The highest BCUT2D eigenvalue weighted by Crippen LogP contribution is 2.18. The molecule has 0 spiro atoms. The molecule has 1 saturated heterocycles. The molecule has 1 aliphatic rings. The van der Waals surface area contributed by atoms with Crippen LogP contribution in [0.1, 0.15) is 5.56 Å². The van der Waals surface area contributed by atoms with Gasteiger partial charge in [-0.2, -0.15) is 0 Å². The number of carbonyl (C=O) groups excluding carboxylic acids is 1. The molecule has 0 aliphatic carbocycles. The molecule has 18 heavy (non-hydrogen) atoms. The molecule has 1 heterocycles. The van der Waals surface area contributed by atoms with E-state index in [2.05, 4.69) is 0 Å². The van der Waals surface area contributed by atoms with Crippen LogP contribution < -0.4 is 4.90 Å². The monoisotopic (exact) mass is 248 g/mol. The average Bonchev–Trinajstić information content (AvgIpc) is 2.30. The molecule has 1 aromatic rings. The Morgan fingerprint density at radius 3 is 2.50 bits per heavy atom. The molecule has 1 fully saturated rings. The van der Waals surface area contributed by atoms with Crippen LogP contribution in [0.2, 0.25) is 0 Å². The molecular formula is C13H16N2O3. The minimum absolute atomic E-state index is 0.0109. The predicted octanol–water partition coefficient (Wildman–Crippen LogP) is 0.592. The Kier molecular flexibility index (Phi) is 3.62. The molecule has 0 atom stereocenters. The van der Waals surface area contributed by atoms with E-state index in [1.54, 1.807) is 17.0 Å². The summed E-state index contributed by atoms with van der Waals surface area (Å²) in [6.07, 6.45) is 0.0109. The zero-order valence-corrected chi connectivity index (χ0v) is 10.3. The molecular weight excluding hydrogens is 232 g/mol. The number of amides is 1. The first-order valence-electron chi connectivity index (χ1n) is 5.86. The van der Waals surface area contributed by atoms with Crippen LogP contribution in [0.3, 0.4) is 0 Å². The average molecular weight is 248 g/mol. The van der Waals surface area contributed by atoms with Crippen LogP contribution in [0, 0.1) is 0 Å². The third kappa shape index (κ3) is 2.87. The van der Waals surface area contributed by atoms with E-state index < -0.39 is 5.97 Å². The van der Waals surface area contributed by atoms with Crippen molar-refractivity contribution in [1.82, 2.24) is 4.90 Å². The van der Waals surface area contributed by atoms with Crippen molar-refractivity contribution in [3.05, 3.63) is 29.8 Å². The number of hydrogen-bond donors (Lipinski definition) is 1. The minimum atomic E-state index is -0.849. The summed E-state index contributed by atoms with van der Waals surface area (Å²) in [5, 5.41) is 8.69. The summed E-state index contributed by atoms with van der Waals surface area (Å²) in [4.78, 5) is 26.2. The summed E-state index contributed by atoms with van der Waals surface area (Å²) >= 11 is 0. The zero-order chi connectivity index (χ0) is 13.1. The predicted molar refractivity (Wildman–Crippen MR) is 67.6 cm³/mol. The Morgan fingerprint density at radius 1 is 1.28 bits per heavy atom. The van der Waals surface area contributed by atoms with Gasteiger partial charge >= 0.3 is 5.97 Å². The van der Waals surface area contributed by atoms with Crippen molar-refractivity contribution in [2.45, 2.75) is 6.42 Å². The lowest BCUT2D eigenvalue weighted by atomic mass is 10.1. The Bertz CT molecular complexity index is 456. The Balaban J connectivity index is 2.09. The van der Waals surface area contributed by atoms with E-state index in [0.29, 0.717) is 13.1 Å². The lowest BCUT2D eigenvalue weighted by molar-refractivity contribution is -0.136. The number of benzene rings is 1. The van der Waals surface area contributed by atoms with Gasteiger partial charge in [-0.25, -0.2) is 0 Å². The van der Waals surface area contributed by atoms with Crippen LogP contribution in [-0.2, 0) is 16.0 Å². The van der Waals surface area contributed by atoms with Crippen LogP contribution >= 0.6 is 0 Å². The van der Waals surface area contributed by atoms with E-state index in [4.69, 9.17) is 5.11 Å². The minimum Gasteiger partial charge on any atom is -0.481 e. The second-order valence-corrected chi connectivity index (χ2v) is 4.52. The fourth-order valence-corrected chi connectivity index (χ4v) is 2.03. The van der Waals surface area contributed by atoms with Gasteiger partial charge in [0.25, 0.3) is 0 Å². The van der Waals surface area contributed by atoms with Crippen molar-refractivity contribution >= 4 is 17.6 Å². The van der Waals surface area contributed by atoms with Crippen LogP contribution in [0.25, 0.3) is 0 Å². The second kappa shape index (κ2) is 5.18. The van der Waals surface area contributed by atoms with E-state index in [1.165, 1.54) is 0 Å². The van der Waals surface area contributed by atoms with Gasteiger partial charge < -0.3 is 10.0 Å². The van der Waals surface area contributed by atoms with E-state index in [9.17, 15) is 9.59 Å². The summed E-state index contributed by atoms with van der Waals surface area (Å²) in [5.74, 6) is -0.770. The van der Waals surface area contributed by atoms with Gasteiger partial charge in [-0.05, 0) is 24.7 Å². The third-order valence-electron chi connectivity index (χ3n) is 3.01. The van der Waals surface area contributed by atoms with Crippen molar-refractivity contribution in [2.75, 3.05) is 31.6 Å². The van der Waals surface area contributed by atoms with E-state index in [0.717, 1.165) is 17.8 Å². The van der Waals surface area contributed by atoms with Crippen LogP contribution in [-0.4, -0.2) is 48.6 Å². The quantitative estimate of drug-likeness (QED) is 0.850. The maximum absolute atomic E-state index is 11.9. The van der Waals surface area contributed by atoms with Crippen molar-refractivity contribution < 1.29 is 14.7 Å². The molecule has 5 heteroatoms. The summed E-state index contributed by atoms with van der Waals surface area (Å²) in [6, 6.07) is 7.13. The number of carboxylic acids is 1. The first-order chi connectivity index (χ1) is 8.56. The first-order valence-corrected chi connectivity index (χ1v) is 5.86. The fourth-order valence-electron chi connectivity index (χ4n) is 2.03. The Labute approximate surface area is 106 Å². The van der Waals surface area contributed by atoms with Gasteiger partial charge in [-0.3, -0.25) is 14.5 Å². The summed E-state index contributed by atoms with van der Waals surface area (Å²) in [7, 11) is 1.92. The molecule has 1 aromatic carbocycles. The molecule has 0 radical (unpaired) electrons. The topological polar surface area (TPSA) is 60.9 Å². The lowest BCUT2D eigenvalue weighted by Crippen LogP contribution is -2.48. The summed E-state index contributed by atoms with van der Waals surface area (Å²) < 4.78 is 0. The number of piperazine rings is 1. The highest BCUT2D eigenvalue weighted by molar-refractivity contribution is 5.95. The van der Waals surface area contributed by atoms with Crippen LogP contribution in [0.5, 0.6) is 0 Å². The zero-order valence-electron chi connectivity index (χ0n) is 10.3. The van der Waals surface area contributed by atoms with Crippen LogP contribution in [0.15, 0.2) is 24.3 Å². The lowest BCUT2D eigenvalue weighted by Gasteiger charge is -2.32. The molecule has 0 aromatic heterocycles. The SMILES string of the molecule is CN1CCN(c2ccc(CC(=O)O)cc2)C(=O)C1. The van der Waals surface area contributed by atoms with Crippen molar-refractivity contribution in [1.29, 1.82) is 0 Å². The number of hydrogen-bond acceptors (Lipinski definition) is 3. The molecule has 1 N–H and O–H groups in total. The molecule has 5 nitrogen and oxygen atoms in total. The molecule has 1 amide bonds. The Morgan fingerprint density at radius 2 is 1.94 bits per heavy atom. The number of carbonyl (C=O) groups is 2. The fraction of sp³-hybridized carbons (Fsp3) is 0.385. The van der Waals surface area contributed by atoms with E-state index in [-0.39, 0.29) is 12.3 Å². The molecule has 0 saturated carbocycles. The number of aliphatic carboxylic acids is 1. The van der Waals surface area contributed by atoms with Gasteiger partial charge in [0.05, 0.1) is 13.0 Å². The van der Waals surface area contributed by atoms with Gasteiger partial charge in [0.2, 0.25) is 5.91 Å². The normalized spacial score (nSPS) is 16.9. The number of likely N-dealkylation sites (N-methyl/N-ethyl adjacent to an activating group) is 1. The van der Waals surface area contributed by atoms with Gasteiger partial charge in [-0.15, -0.1) is 0 Å². The maximum atomic E-state index is 11.9. The van der Waals surface area contributed by atoms with Gasteiger partial charge in [0.15, 0.2) is 0 Å². The smallest absolute Gasteiger partial charge is 0.307 e. The van der Waals surface area contributed by atoms with E-state index >= 15 is 0 Å². The molecule has 0 unspecified atom stereocenters. The number of nitrogens with zero attached hydrogens (tertiary/aromatic N) is 2. The molecule has 1 aliphatic heterocycles. The highest BCUT2D eigenvalue weighted by Gasteiger charge is 2.22. The molecule has 2 rings (SSSR count). The van der Waals surface area contributed by atoms with Gasteiger partial charge in [0, 0.05) is 18.8 Å². The van der Waals surface area contributed by atoms with Crippen molar-refractivity contribution in [3.8, 4) is 0 Å². The van der Waals surface area contributed by atoms with Crippen LogP contribution in [0.4, 0.5) is 5.69 Å². The summed E-state index contributed by atoms with van der Waals surface area (Å²) in [6.45, 7) is 1.95. The number of rotatable bonds is 3. The van der Waals surface area contributed by atoms with Crippen molar-refractivity contribution in [3.63, 3.8) is 0 Å². The third-order valence-corrected chi connectivity index (χ3v) is 3.01. The van der Waals surface area contributed by atoms with Gasteiger partial charge in [-0.1, -0.05) is 12.1 Å².